The van der Waals surface area contributed by atoms with E-state index in [4.69, 9.17) is 21.1 Å². The molecular weight excluding hydrogens is 266 g/mol. The molecule has 2 atom stereocenters. The van der Waals surface area contributed by atoms with Gasteiger partial charge in [0.25, 0.3) is 5.91 Å². The van der Waals surface area contributed by atoms with E-state index in [1.54, 1.807) is 18.2 Å². The summed E-state index contributed by atoms with van der Waals surface area (Å²) in [5.74, 6) is 2.25. The zero-order chi connectivity index (χ0) is 13.2. The molecule has 1 amide bonds. The smallest absolute Gasteiger partial charge is 0.251 e. The molecule has 1 aliphatic carbocycles. The summed E-state index contributed by atoms with van der Waals surface area (Å²) in [6, 6.07) is 5.44. The number of carbonyl (C=O) groups is 1. The number of hydrogen-bond acceptors (Lipinski definition) is 3. The molecule has 2 unspecified atom stereocenters. The van der Waals surface area contributed by atoms with E-state index in [0.717, 1.165) is 19.3 Å². The topological polar surface area (TPSA) is 47.6 Å². The molecule has 0 radical (unpaired) electrons. The Kier molecular flexibility index (Phi) is 3.51. The number of nitrogens with one attached hydrogen (secondary N) is 1. The van der Waals surface area contributed by atoms with Crippen LogP contribution >= 0.6 is 11.6 Å². The molecule has 0 bridgehead atoms. The average molecular weight is 282 g/mol. The SMILES string of the molecule is O=C(NC1CCCC1CCl)c1ccc2c(c1)OCO2. The van der Waals surface area contributed by atoms with Gasteiger partial charge in [-0.05, 0) is 37.0 Å². The zero-order valence-corrected chi connectivity index (χ0v) is 11.3. The lowest BCUT2D eigenvalue weighted by molar-refractivity contribution is 0.0929. The van der Waals surface area contributed by atoms with E-state index in [0.29, 0.717) is 28.9 Å². The monoisotopic (exact) mass is 281 g/mol. The highest BCUT2D eigenvalue weighted by atomic mass is 35.5. The van der Waals surface area contributed by atoms with Crippen molar-refractivity contribution in [2.45, 2.75) is 25.3 Å². The van der Waals surface area contributed by atoms with E-state index < -0.39 is 0 Å². The Balaban J connectivity index is 1.70. The normalized spacial score (nSPS) is 24.5. The van der Waals surface area contributed by atoms with Gasteiger partial charge in [-0.2, -0.15) is 0 Å². The van der Waals surface area contributed by atoms with E-state index in [1.165, 1.54) is 0 Å². The van der Waals surface area contributed by atoms with Crippen molar-refractivity contribution in [3.63, 3.8) is 0 Å². The molecule has 1 heterocycles. The molecule has 2 aliphatic rings. The molecule has 1 N–H and O–H groups in total. The van der Waals surface area contributed by atoms with Gasteiger partial charge in [-0.15, -0.1) is 11.6 Å². The largest absolute Gasteiger partial charge is 0.454 e. The van der Waals surface area contributed by atoms with Crippen molar-refractivity contribution in [1.82, 2.24) is 5.32 Å². The Labute approximate surface area is 117 Å². The minimum atomic E-state index is -0.0692. The first-order chi connectivity index (χ1) is 9.28. The second-order valence-corrected chi connectivity index (χ2v) is 5.30. The van der Waals surface area contributed by atoms with Gasteiger partial charge in [0.2, 0.25) is 6.79 Å². The highest BCUT2D eigenvalue weighted by Gasteiger charge is 2.28. The third-order valence-electron chi connectivity index (χ3n) is 3.81. The van der Waals surface area contributed by atoms with Crippen LogP contribution < -0.4 is 14.8 Å². The summed E-state index contributed by atoms with van der Waals surface area (Å²) in [5, 5.41) is 3.07. The fourth-order valence-electron chi connectivity index (χ4n) is 2.70. The van der Waals surface area contributed by atoms with Crippen molar-refractivity contribution >= 4 is 17.5 Å². The van der Waals surface area contributed by atoms with Crippen LogP contribution in [0, 0.1) is 5.92 Å². The molecule has 4 nitrogen and oxygen atoms in total. The second kappa shape index (κ2) is 5.29. The van der Waals surface area contributed by atoms with Gasteiger partial charge < -0.3 is 14.8 Å². The van der Waals surface area contributed by atoms with E-state index in [2.05, 4.69) is 5.32 Å². The number of carbonyl (C=O) groups excluding carboxylic acids is 1. The van der Waals surface area contributed by atoms with Crippen LogP contribution in [-0.2, 0) is 0 Å². The Morgan fingerprint density at radius 1 is 1.32 bits per heavy atom. The number of ether oxygens (including phenoxy) is 2. The molecule has 1 fully saturated rings. The van der Waals surface area contributed by atoms with E-state index in [9.17, 15) is 4.79 Å². The van der Waals surface area contributed by atoms with Crippen molar-refractivity contribution in [2.75, 3.05) is 12.7 Å². The van der Waals surface area contributed by atoms with Crippen LogP contribution in [-0.4, -0.2) is 24.6 Å². The Hall–Kier alpha value is -1.42. The fraction of sp³-hybridized carbons (Fsp3) is 0.500. The van der Waals surface area contributed by atoms with Crippen LogP contribution in [0.1, 0.15) is 29.6 Å². The molecule has 3 rings (SSSR count). The number of benzene rings is 1. The first kappa shape index (κ1) is 12.6. The molecule has 0 saturated heterocycles. The van der Waals surface area contributed by atoms with Crippen LogP contribution in [0.25, 0.3) is 0 Å². The minimum absolute atomic E-state index is 0.0692. The van der Waals surface area contributed by atoms with Gasteiger partial charge in [0.05, 0.1) is 0 Å². The molecule has 1 aliphatic heterocycles. The van der Waals surface area contributed by atoms with Crippen molar-refractivity contribution in [2.24, 2.45) is 5.92 Å². The number of rotatable bonds is 3. The maximum absolute atomic E-state index is 12.2. The van der Waals surface area contributed by atoms with Gasteiger partial charge in [0.1, 0.15) is 0 Å². The maximum Gasteiger partial charge on any atom is 0.251 e. The van der Waals surface area contributed by atoms with E-state index in [-0.39, 0.29) is 18.7 Å². The van der Waals surface area contributed by atoms with Gasteiger partial charge in [0.15, 0.2) is 11.5 Å². The first-order valence-corrected chi connectivity index (χ1v) is 7.08. The van der Waals surface area contributed by atoms with Crippen molar-refractivity contribution in [3.05, 3.63) is 23.8 Å². The van der Waals surface area contributed by atoms with Crippen LogP contribution in [0.15, 0.2) is 18.2 Å². The van der Waals surface area contributed by atoms with Crippen LogP contribution in [0.2, 0.25) is 0 Å². The highest BCUT2D eigenvalue weighted by molar-refractivity contribution is 6.18. The number of halogens is 1. The quantitative estimate of drug-likeness (QED) is 0.866. The molecule has 1 aromatic rings. The summed E-state index contributed by atoms with van der Waals surface area (Å²) in [4.78, 5) is 12.2. The third-order valence-corrected chi connectivity index (χ3v) is 4.20. The summed E-state index contributed by atoms with van der Waals surface area (Å²) < 4.78 is 10.5. The number of fused-ring (bicyclic) bond motifs is 1. The van der Waals surface area contributed by atoms with E-state index >= 15 is 0 Å². The molecule has 19 heavy (non-hydrogen) atoms. The number of hydrogen-bond donors (Lipinski definition) is 1. The Bertz CT molecular complexity index is 492. The molecular formula is C14H16ClNO3. The van der Waals surface area contributed by atoms with Gasteiger partial charge in [-0.3, -0.25) is 4.79 Å². The number of alkyl halides is 1. The summed E-state index contributed by atoms with van der Waals surface area (Å²) in [7, 11) is 0. The van der Waals surface area contributed by atoms with Gasteiger partial charge in [-0.1, -0.05) is 6.42 Å². The van der Waals surface area contributed by atoms with Crippen molar-refractivity contribution < 1.29 is 14.3 Å². The summed E-state index contributed by atoms with van der Waals surface area (Å²) in [6.07, 6.45) is 3.23. The molecule has 5 heteroatoms. The lowest BCUT2D eigenvalue weighted by Gasteiger charge is -2.18. The van der Waals surface area contributed by atoms with Crippen molar-refractivity contribution in [1.29, 1.82) is 0 Å². The van der Waals surface area contributed by atoms with Crippen LogP contribution in [0.5, 0.6) is 11.5 Å². The second-order valence-electron chi connectivity index (χ2n) is 4.99. The average Bonchev–Trinajstić information content (AvgIpc) is 3.05. The molecule has 0 aromatic heterocycles. The lowest BCUT2D eigenvalue weighted by Crippen LogP contribution is -2.37. The first-order valence-electron chi connectivity index (χ1n) is 6.54. The summed E-state index contributed by atoms with van der Waals surface area (Å²) in [5.41, 5.74) is 0.601. The Morgan fingerprint density at radius 2 is 2.16 bits per heavy atom. The van der Waals surface area contributed by atoms with Gasteiger partial charge >= 0.3 is 0 Å². The maximum atomic E-state index is 12.2. The summed E-state index contributed by atoms with van der Waals surface area (Å²) in [6.45, 7) is 0.220. The predicted molar refractivity (Wildman–Crippen MR) is 71.9 cm³/mol. The van der Waals surface area contributed by atoms with Crippen LogP contribution in [0.3, 0.4) is 0 Å². The van der Waals surface area contributed by atoms with Gasteiger partial charge in [-0.25, -0.2) is 0 Å². The standard InChI is InChI=1S/C14H16ClNO3/c15-7-10-2-1-3-11(10)16-14(17)9-4-5-12-13(6-9)19-8-18-12/h4-6,10-11H,1-3,7-8H2,(H,16,17). The number of amides is 1. The molecule has 0 spiro atoms. The highest BCUT2D eigenvalue weighted by Crippen LogP contribution is 2.33. The third kappa shape index (κ3) is 2.50. The fourth-order valence-corrected chi connectivity index (χ4v) is 3.07. The van der Waals surface area contributed by atoms with Crippen LogP contribution in [0.4, 0.5) is 0 Å². The Morgan fingerprint density at radius 3 is 3.00 bits per heavy atom. The van der Waals surface area contributed by atoms with E-state index in [1.807, 2.05) is 0 Å². The molecule has 102 valence electrons. The zero-order valence-electron chi connectivity index (χ0n) is 10.5. The molecule has 1 saturated carbocycles. The summed E-state index contributed by atoms with van der Waals surface area (Å²) >= 11 is 5.92. The lowest BCUT2D eigenvalue weighted by atomic mass is 10.1. The van der Waals surface area contributed by atoms with Crippen molar-refractivity contribution in [3.8, 4) is 11.5 Å². The minimum Gasteiger partial charge on any atom is -0.454 e. The predicted octanol–water partition coefficient (Wildman–Crippen LogP) is 2.55. The van der Waals surface area contributed by atoms with Gasteiger partial charge in [0, 0.05) is 17.5 Å². The molecule has 1 aromatic carbocycles.